The van der Waals surface area contributed by atoms with Crippen LogP contribution in [0.5, 0.6) is 0 Å². The molecule has 0 bridgehead atoms. The number of halogens is 1. The molecular weight excluding hydrogens is 269 g/mol. The summed E-state index contributed by atoms with van der Waals surface area (Å²) in [4.78, 5) is 4.27. The number of hydrogen-bond acceptors (Lipinski definition) is 3. The van der Waals surface area contributed by atoms with E-state index in [4.69, 9.17) is 0 Å². The second-order valence-electron chi connectivity index (χ2n) is 4.66. The van der Waals surface area contributed by atoms with Gasteiger partial charge in [0.05, 0.1) is 17.4 Å². The summed E-state index contributed by atoms with van der Waals surface area (Å²) in [6.07, 6.45) is 3.40. The Morgan fingerprint density at radius 2 is 1.90 bits per heavy atom. The maximum absolute atomic E-state index is 12.9. The molecule has 0 aliphatic rings. The molecule has 6 heteroatoms. The van der Waals surface area contributed by atoms with Crippen LogP contribution in [0, 0.1) is 5.82 Å². The van der Waals surface area contributed by atoms with Gasteiger partial charge in [-0.1, -0.05) is 0 Å². The van der Waals surface area contributed by atoms with E-state index in [0.717, 1.165) is 22.2 Å². The number of benzene rings is 2. The van der Waals surface area contributed by atoms with Crippen LogP contribution in [0.25, 0.3) is 28.0 Å². The summed E-state index contributed by atoms with van der Waals surface area (Å²) < 4.78 is 14.6. The molecule has 0 aliphatic heterocycles. The molecule has 4 rings (SSSR count). The lowest BCUT2D eigenvalue weighted by Gasteiger charge is -2.00. The van der Waals surface area contributed by atoms with Crippen molar-refractivity contribution in [3.8, 4) is 17.1 Å². The molecule has 5 nitrogen and oxygen atoms in total. The van der Waals surface area contributed by atoms with Crippen molar-refractivity contribution in [2.45, 2.75) is 0 Å². The van der Waals surface area contributed by atoms with Gasteiger partial charge in [-0.2, -0.15) is 5.10 Å². The Morgan fingerprint density at radius 1 is 1.05 bits per heavy atom. The van der Waals surface area contributed by atoms with Gasteiger partial charge in [-0.15, -0.1) is 5.10 Å². The average molecular weight is 279 g/mol. The summed E-state index contributed by atoms with van der Waals surface area (Å²) in [5, 5.41) is 12.3. The van der Waals surface area contributed by atoms with Gasteiger partial charge >= 0.3 is 0 Å². The molecule has 1 N–H and O–H groups in total. The lowest BCUT2D eigenvalue weighted by molar-refractivity contribution is 0.628. The van der Waals surface area contributed by atoms with E-state index in [2.05, 4.69) is 20.3 Å². The molecule has 0 fully saturated rings. The Labute approximate surface area is 119 Å². The van der Waals surface area contributed by atoms with Crippen molar-refractivity contribution in [3.05, 3.63) is 60.8 Å². The predicted octanol–water partition coefficient (Wildman–Crippen LogP) is 2.95. The Morgan fingerprint density at radius 3 is 2.76 bits per heavy atom. The predicted molar refractivity (Wildman–Crippen MR) is 76.4 cm³/mol. The van der Waals surface area contributed by atoms with Crippen LogP contribution in [0.15, 0.2) is 55.0 Å². The first-order valence-corrected chi connectivity index (χ1v) is 6.41. The average Bonchev–Trinajstić information content (AvgIpc) is 3.16. The van der Waals surface area contributed by atoms with E-state index in [9.17, 15) is 4.39 Å². The fourth-order valence-corrected chi connectivity index (χ4v) is 2.19. The first kappa shape index (κ1) is 11.8. The molecule has 2 aromatic heterocycles. The summed E-state index contributed by atoms with van der Waals surface area (Å²) in [5.41, 5.74) is 2.64. The molecule has 0 unspecified atom stereocenters. The van der Waals surface area contributed by atoms with Crippen molar-refractivity contribution < 1.29 is 4.39 Å². The van der Waals surface area contributed by atoms with Crippen LogP contribution in [-0.4, -0.2) is 25.0 Å². The van der Waals surface area contributed by atoms with E-state index in [1.165, 1.54) is 12.1 Å². The van der Waals surface area contributed by atoms with Crippen LogP contribution >= 0.6 is 0 Å². The highest BCUT2D eigenvalue weighted by Crippen LogP contribution is 2.18. The van der Waals surface area contributed by atoms with E-state index < -0.39 is 0 Å². The van der Waals surface area contributed by atoms with Crippen molar-refractivity contribution in [1.82, 2.24) is 25.0 Å². The third-order valence-corrected chi connectivity index (χ3v) is 3.28. The van der Waals surface area contributed by atoms with Crippen LogP contribution in [-0.2, 0) is 0 Å². The minimum Gasteiger partial charge on any atom is -0.278 e. The van der Waals surface area contributed by atoms with Gasteiger partial charge in [0, 0.05) is 10.9 Å². The van der Waals surface area contributed by atoms with Gasteiger partial charge in [0.15, 0.2) is 5.82 Å². The van der Waals surface area contributed by atoms with Crippen molar-refractivity contribution in [3.63, 3.8) is 0 Å². The summed E-state index contributed by atoms with van der Waals surface area (Å²) in [6, 6.07) is 12.0. The van der Waals surface area contributed by atoms with E-state index in [-0.39, 0.29) is 5.82 Å². The lowest BCUT2D eigenvalue weighted by atomic mass is 10.2. The molecule has 21 heavy (non-hydrogen) atoms. The van der Waals surface area contributed by atoms with Gasteiger partial charge in [-0.25, -0.2) is 14.1 Å². The van der Waals surface area contributed by atoms with Crippen molar-refractivity contribution in [2.75, 3.05) is 0 Å². The highest BCUT2D eigenvalue weighted by atomic mass is 19.1. The molecular formula is C15H10FN5. The normalized spacial score (nSPS) is 11.1. The number of H-pyrrole nitrogens is 1. The van der Waals surface area contributed by atoms with Crippen LogP contribution in [0.1, 0.15) is 0 Å². The number of hydrogen-bond donors (Lipinski definition) is 1. The highest BCUT2D eigenvalue weighted by Gasteiger charge is 2.06. The summed E-state index contributed by atoms with van der Waals surface area (Å²) in [7, 11) is 0. The fraction of sp³-hybridized carbons (Fsp3) is 0. The van der Waals surface area contributed by atoms with Crippen LogP contribution in [0.4, 0.5) is 4.39 Å². The molecule has 0 radical (unpaired) electrons. The number of rotatable bonds is 2. The first-order chi connectivity index (χ1) is 10.3. The van der Waals surface area contributed by atoms with Gasteiger partial charge in [0.25, 0.3) is 0 Å². The summed E-state index contributed by atoms with van der Waals surface area (Å²) in [6.45, 7) is 0. The number of fused-ring (bicyclic) bond motifs is 1. The van der Waals surface area contributed by atoms with Gasteiger partial charge in [-0.05, 0) is 42.5 Å². The summed E-state index contributed by atoms with van der Waals surface area (Å²) in [5.74, 6) is 0.283. The second kappa shape index (κ2) is 4.52. The zero-order valence-electron chi connectivity index (χ0n) is 10.9. The molecule has 2 heterocycles. The fourth-order valence-electron chi connectivity index (χ4n) is 2.19. The largest absolute Gasteiger partial charge is 0.278 e. The van der Waals surface area contributed by atoms with Crippen LogP contribution in [0.2, 0.25) is 0 Å². The van der Waals surface area contributed by atoms with Crippen LogP contribution in [0.3, 0.4) is 0 Å². The number of nitrogens with zero attached hydrogens (tertiary/aromatic N) is 4. The number of aromatic amines is 1. The maximum Gasteiger partial charge on any atom is 0.181 e. The standard InChI is InChI=1S/C15H10FN5/c16-12-3-1-10(2-4-12)15-17-9-21(20-15)13-5-6-14-11(7-13)8-18-19-14/h1-9H,(H,18,19). The van der Waals surface area contributed by atoms with E-state index in [0.29, 0.717) is 5.82 Å². The lowest BCUT2D eigenvalue weighted by Crippen LogP contribution is -1.94. The molecule has 4 aromatic rings. The molecule has 102 valence electrons. The molecule has 0 amide bonds. The summed E-state index contributed by atoms with van der Waals surface area (Å²) >= 11 is 0. The monoisotopic (exact) mass is 279 g/mol. The zero-order valence-corrected chi connectivity index (χ0v) is 10.9. The van der Waals surface area contributed by atoms with E-state index in [1.54, 1.807) is 29.3 Å². The van der Waals surface area contributed by atoms with Gasteiger partial charge in [0.2, 0.25) is 0 Å². The molecule has 0 saturated carbocycles. The first-order valence-electron chi connectivity index (χ1n) is 6.41. The van der Waals surface area contributed by atoms with E-state index in [1.807, 2.05) is 18.2 Å². The number of aromatic nitrogens is 5. The highest BCUT2D eigenvalue weighted by molar-refractivity contribution is 5.80. The van der Waals surface area contributed by atoms with Crippen molar-refractivity contribution in [1.29, 1.82) is 0 Å². The second-order valence-corrected chi connectivity index (χ2v) is 4.66. The minimum atomic E-state index is -0.274. The molecule has 0 spiro atoms. The van der Waals surface area contributed by atoms with Gasteiger partial charge in [0.1, 0.15) is 12.1 Å². The maximum atomic E-state index is 12.9. The molecule has 0 saturated heterocycles. The topological polar surface area (TPSA) is 59.4 Å². The Hall–Kier alpha value is -3.02. The quantitative estimate of drug-likeness (QED) is 0.613. The SMILES string of the molecule is Fc1ccc(-c2ncn(-c3ccc4[nH]ncc4c3)n2)cc1. The smallest absolute Gasteiger partial charge is 0.181 e. The Balaban J connectivity index is 1.74. The van der Waals surface area contributed by atoms with Gasteiger partial charge < -0.3 is 0 Å². The third-order valence-electron chi connectivity index (χ3n) is 3.28. The minimum absolute atomic E-state index is 0.274. The number of nitrogens with one attached hydrogen (secondary N) is 1. The van der Waals surface area contributed by atoms with E-state index >= 15 is 0 Å². The molecule has 2 aromatic carbocycles. The van der Waals surface area contributed by atoms with Gasteiger partial charge in [-0.3, -0.25) is 5.10 Å². The Bertz CT molecular complexity index is 907. The van der Waals surface area contributed by atoms with Crippen molar-refractivity contribution >= 4 is 10.9 Å². The third kappa shape index (κ3) is 2.06. The zero-order chi connectivity index (χ0) is 14.2. The van der Waals surface area contributed by atoms with Crippen molar-refractivity contribution in [2.24, 2.45) is 0 Å². The molecule has 0 atom stereocenters. The van der Waals surface area contributed by atoms with Crippen LogP contribution < -0.4 is 0 Å². The molecule has 0 aliphatic carbocycles. The Kier molecular flexibility index (Phi) is 2.53.